The van der Waals surface area contributed by atoms with Crippen LogP contribution < -0.4 is 26.0 Å². The van der Waals surface area contributed by atoms with E-state index in [4.69, 9.17) is 25.1 Å². The Bertz CT molecular complexity index is 1100. The molecular weight excluding hydrogens is 512 g/mol. The number of rotatable bonds is 8. The summed E-state index contributed by atoms with van der Waals surface area (Å²) in [5, 5.41) is 13.3. The monoisotopic (exact) mass is 544 g/mol. The molecule has 2 aromatic carbocycles. The minimum atomic E-state index is -5.08. The van der Waals surface area contributed by atoms with Gasteiger partial charge in [-0.1, -0.05) is 6.07 Å². The fraction of sp³-hybridized carbons (Fsp3) is 0.440. The number of ether oxygens (including phenoxy) is 2. The molecule has 0 saturated carbocycles. The average molecular weight is 545 g/mol. The number of carbonyl (C=O) groups excluding carboxylic acids is 1. The summed E-state index contributed by atoms with van der Waals surface area (Å²) < 4.78 is 56.1. The van der Waals surface area contributed by atoms with E-state index < -0.39 is 23.5 Å². The molecule has 0 aromatic heterocycles. The summed E-state index contributed by atoms with van der Waals surface area (Å²) in [4.78, 5) is 24.0. The highest BCUT2D eigenvalue weighted by atomic mass is 19.4. The minimum absolute atomic E-state index is 0.181. The largest absolute Gasteiger partial charge is 0.494 e. The first kappa shape index (κ1) is 30.6. The molecule has 13 heteroatoms. The Balaban J connectivity index is 0.000000638. The summed E-state index contributed by atoms with van der Waals surface area (Å²) in [6.07, 6.45) is -5.08. The zero-order valence-corrected chi connectivity index (χ0v) is 21.3. The van der Waals surface area contributed by atoms with Crippen molar-refractivity contribution >= 4 is 23.3 Å². The number of hydrogen-bond donors (Lipinski definition) is 4. The van der Waals surface area contributed by atoms with Gasteiger partial charge in [0.15, 0.2) is 11.6 Å². The van der Waals surface area contributed by atoms with Gasteiger partial charge in [0, 0.05) is 43.1 Å². The highest BCUT2D eigenvalue weighted by Crippen LogP contribution is 2.26. The van der Waals surface area contributed by atoms with E-state index in [-0.39, 0.29) is 11.7 Å². The number of carboxylic acids is 1. The first-order valence-corrected chi connectivity index (χ1v) is 11.6. The van der Waals surface area contributed by atoms with Crippen LogP contribution in [0, 0.1) is 5.82 Å². The van der Waals surface area contributed by atoms with Gasteiger partial charge in [-0.3, -0.25) is 4.79 Å². The fourth-order valence-electron chi connectivity index (χ4n) is 3.34. The number of halogens is 4. The third-order valence-electron chi connectivity index (χ3n) is 5.25. The van der Waals surface area contributed by atoms with Crippen molar-refractivity contribution in [2.45, 2.75) is 32.1 Å². The lowest BCUT2D eigenvalue weighted by Crippen LogP contribution is -2.45. The summed E-state index contributed by atoms with van der Waals surface area (Å²) in [6.45, 7) is 7.19. The highest BCUT2D eigenvalue weighted by molar-refractivity contribution is 6.01. The van der Waals surface area contributed by atoms with Crippen LogP contribution in [-0.4, -0.2) is 68.7 Å². The molecule has 0 spiro atoms. The molecule has 1 aliphatic heterocycles. The van der Waals surface area contributed by atoms with E-state index >= 15 is 0 Å². The quantitative estimate of drug-likeness (QED) is 0.373. The molecule has 1 aliphatic rings. The smallest absolute Gasteiger partial charge is 0.490 e. The molecule has 0 aliphatic carbocycles. The first-order chi connectivity index (χ1) is 17.7. The maximum Gasteiger partial charge on any atom is 0.490 e. The van der Waals surface area contributed by atoms with Crippen molar-refractivity contribution in [3.05, 3.63) is 53.3 Å². The van der Waals surface area contributed by atoms with Crippen molar-refractivity contribution in [2.24, 2.45) is 5.73 Å². The molecule has 38 heavy (non-hydrogen) atoms. The van der Waals surface area contributed by atoms with Gasteiger partial charge in [0.05, 0.1) is 25.9 Å². The number of carboxylic acid groups (broad SMARTS) is 1. The van der Waals surface area contributed by atoms with Gasteiger partial charge in [0.2, 0.25) is 0 Å². The number of carbonyl (C=O) groups is 2. The Morgan fingerprint density at radius 3 is 2.29 bits per heavy atom. The number of benzene rings is 2. The fourth-order valence-corrected chi connectivity index (χ4v) is 3.34. The number of alkyl halides is 3. The Morgan fingerprint density at radius 2 is 1.76 bits per heavy atom. The summed E-state index contributed by atoms with van der Waals surface area (Å²) in [5.74, 6) is -3.14. The van der Waals surface area contributed by atoms with Crippen molar-refractivity contribution in [3.63, 3.8) is 0 Å². The summed E-state index contributed by atoms with van der Waals surface area (Å²) in [5.41, 5.74) is 8.48. The Kier molecular flexibility index (Phi) is 10.7. The van der Waals surface area contributed by atoms with Crippen LogP contribution in [0.3, 0.4) is 0 Å². The van der Waals surface area contributed by atoms with E-state index in [0.29, 0.717) is 31.9 Å². The Labute approximate surface area is 217 Å². The van der Waals surface area contributed by atoms with E-state index in [1.807, 2.05) is 32.0 Å². The molecule has 0 unspecified atom stereocenters. The van der Waals surface area contributed by atoms with Crippen LogP contribution in [0.25, 0.3) is 0 Å². The van der Waals surface area contributed by atoms with E-state index in [9.17, 15) is 22.4 Å². The zero-order valence-electron chi connectivity index (χ0n) is 21.3. The van der Waals surface area contributed by atoms with Gasteiger partial charge in [-0.25, -0.2) is 9.18 Å². The van der Waals surface area contributed by atoms with Crippen LogP contribution in [0.2, 0.25) is 0 Å². The summed E-state index contributed by atoms with van der Waals surface area (Å²) in [6, 6.07) is 10.5. The molecule has 1 amide bonds. The van der Waals surface area contributed by atoms with Gasteiger partial charge in [-0.05, 0) is 49.7 Å². The molecule has 2 aromatic rings. The van der Waals surface area contributed by atoms with Gasteiger partial charge in [0.25, 0.3) is 5.91 Å². The molecule has 3 rings (SSSR count). The second kappa shape index (κ2) is 13.3. The third-order valence-corrected chi connectivity index (χ3v) is 5.25. The van der Waals surface area contributed by atoms with Gasteiger partial charge < -0.3 is 35.8 Å². The Morgan fingerprint density at radius 1 is 1.13 bits per heavy atom. The van der Waals surface area contributed by atoms with E-state index in [1.54, 1.807) is 12.1 Å². The predicted octanol–water partition coefficient (Wildman–Crippen LogP) is 3.38. The number of amides is 1. The van der Waals surface area contributed by atoms with Crippen LogP contribution in [0.1, 0.15) is 29.8 Å². The number of anilines is 2. The molecule has 5 N–H and O–H groups in total. The van der Waals surface area contributed by atoms with Crippen LogP contribution in [0.4, 0.5) is 28.9 Å². The molecule has 1 heterocycles. The molecule has 9 nitrogen and oxygen atoms in total. The lowest BCUT2D eigenvalue weighted by molar-refractivity contribution is -0.192. The molecule has 1 saturated heterocycles. The highest BCUT2D eigenvalue weighted by Gasteiger charge is 2.38. The van der Waals surface area contributed by atoms with Gasteiger partial charge in [-0.15, -0.1) is 0 Å². The second-order valence-electron chi connectivity index (χ2n) is 9.13. The van der Waals surface area contributed by atoms with E-state index in [1.165, 1.54) is 13.2 Å². The van der Waals surface area contributed by atoms with Crippen molar-refractivity contribution < 1.29 is 41.7 Å². The molecule has 0 atom stereocenters. The van der Waals surface area contributed by atoms with Gasteiger partial charge >= 0.3 is 12.1 Å². The lowest BCUT2D eigenvalue weighted by Gasteiger charge is -2.31. The predicted molar refractivity (Wildman–Crippen MR) is 134 cm³/mol. The molecular formula is C25H32F4N4O5. The topological polar surface area (TPSA) is 126 Å². The zero-order chi connectivity index (χ0) is 28.5. The molecule has 0 radical (unpaired) electrons. The number of nitrogens with one attached hydrogen (secondary N) is 2. The Hall–Kier alpha value is -3.58. The van der Waals surface area contributed by atoms with Crippen molar-refractivity contribution in [3.8, 4) is 5.75 Å². The normalized spacial score (nSPS) is 13.7. The van der Waals surface area contributed by atoms with Crippen LogP contribution in [0.15, 0.2) is 36.4 Å². The van der Waals surface area contributed by atoms with Gasteiger partial charge in [0.1, 0.15) is 0 Å². The van der Waals surface area contributed by atoms with Crippen molar-refractivity contribution in [1.82, 2.24) is 5.32 Å². The van der Waals surface area contributed by atoms with E-state index in [0.717, 1.165) is 30.0 Å². The number of methoxy groups -OCH3 is 1. The average Bonchev–Trinajstić information content (AvgIpc) is 2.86. The minimum Gasteiger partial charge on any atom is -0.494 e. The second-order valence-corrected chi connectivity index (χ2v) is 9.13. The van der Waals surface area contributed by atoms with Crippen LogP contribution in [0.5, 0.6) is 5.75 Å². The summed E-state index contributed by atoms with van der Waals surface area (Å²) in [7, 11) is 1.44. The summed E-state index contributed by atoms with van der Waals surface area (Å²) >= 11 is 0. The maximum absolute atomic E-state index is 14.0. The van der Waals surface area contributed by atoms with E-state index in [2.05, 4.69) is 15.5 Å². The number of morpholine rings is 1. The lowest BCUT2D eigenvalue weighted by atomic mass is 10.1. The van der Waals surface area contributed by atoms with Gasteiger partial charge in [-0.2, -0.15) is 13.2 Å². The number of nitrogens with two attached hydrogens (primary N) is 1. The molecule has 210 valence electrons. The van der Waals surface area contributed by atoms with Crippen molar-refractivity contribution in [1.29, 1.82) is 0 Å². The number of aliphatic carboxylic acids is 1. The number of hydrogen-bond acceptors (Lipinski definition) is 7. The van der Waals surface area contributed by atoms with Crippen LogP contribution >= 0.6 is 0 Å². The molecule has 0 bridgehead atoms. The van der Waals surface area contributed by atoms with Crippen LogP contribution in [-0.2, 0) is 16.1 Å². The third kappa shape index (κ3) is 9.71. The number of nitrogens with zero attached hydrogens (tertiary/aromatic N) is 1. The standard InChI is InChI=1S/C23H31FN4O3.C2HF3O2/c1-23(2,25)15-27-22(29)18-13-17(5-6-20(18)28-8-10-31-11-9-28)26-14-16-4-7-21(30-3)19(24)12-16;3-2(4,5)1(6)7/h4-7,12-13,26H,8-11,14-15,25H2,1-3H3,(H,27,29);(H,6,7). The molecule has 1 fully saturated rings. The maximum atomic E-state index is 14.0. The first-order valence-electron chi connectivity index (χ1n) is 11.6. The SMILES string of the molecule is COc1ccc(CNc2ccc(N3CCOCC3)c(C(=O)NCC(C)(C)N)c2)cc1F.O=C(O)C(F)(F)F. The van der Waals surface area contributed by atoms with Crippen molar-refractivity contribution in [2.75, 3.05) is 50.2 Å².